The summed E-state index contributed by atoms with van der Waals surface area (Å²) < 4.78 is 46.6. The number of benzene rings is 2. The number of anilines is 1. The number of sulfonamides is 1. The number of ether oxygens (including phenoxy) is 1. The van der Waals surface area contributed by atoms with Gasteiger partial charge in [-0.1, -0.05) is 12.1 Å². The number of amides is 1. The van der Waals surface area contributed by atoms with E-state index in [1.54, 1.807) is 26.8 Å². The van der Waals surface area contributed by atoms with Gasteiger partial charge in [0.1, 0.15) is 16.5 Å². The Hall–Kier alpha value is -2.45. The van der Waals surface area contributed by atoms with E-state index in [1.807, 2.05) is 0 Å². The summed E-state index contributed by atoms with van der Waals surface area (Å²) in [5, 5.41) is 2.42. The van der Waals surface area contributed by atoms with Gasteiger partial charge in [-0.15, -0.1) is 0 Å². The van der Waals surface area contributed by atoms with Crippen molar-refractivity contribution in [2.24, 2.45) is 0 Å². The van der Waals surface area contributed by atoms with Crippen LogP contribution in [0, 0.1) is 5.82 Å². The van der Waals surface area contributed by atoms with E-state index in [1.165, 1.54) is 43.5 Å². The summed E-state index contributed by atoms with van der Waals surface area (Å²) in [5.74, 6) is -1.12. The summed E-state index contributed by atoms with van der Waals surface area (Å²) in [7, 11) is -2.59. The Kier molecular flexibility index (Phi) is 5.68. The van der Waals surface area contributed by atoms with Crippen LogP contribution in [-0.2, 0) is 10.0 Å². The molecule has 0 atom stereocenters. The average Bonchev–Trinajstić information content (AvgIpc) is 2.54. The van der Waals surface area contributed by atoms with Crippen molar-refractivity contribution in [2.75, 3.05) is 12.4 Å². The van der Waals surface area contributed by atoms with Crippen LogP contribution in [-0.4, -0.2) is 27.0 Å². The lowest BCUT2D eigenvalue weighted by molar-refractivity contribution is 0.102. The fraction of sp³-hybridized carbons (Fsp3) is 0.278. The molecule has 2 aromatic rings. The van der Waals surface area contributed by atoms with Crippen LogP contribution in [0.2, 0.25) is 0 Å². The first-order valence-electron chi connectivity index (χ1n) is 7.81. The van der Waals surface area contributed by atoms with Gasteiger partial charge in [0.2, 0.25) is 10.0 Å². The van der Waals surface area contributed by atoms with Gasteiger partial charge in [0, 0.05) is 11.1 Å². The van der Waals surface area contributed by atoms with Crippen molar-refractivity contribution in [1.29, 1.82) is 0 Å². The number of methoxy groups -OCH3 is 1. The van der Waals surface area contributed by atoms with Crippen molar-refractivity contribution in [3.05, 3.63) is 53.8 Å². The summed E-state index contributed by atoms with van der Waals surface area (Å²) >= 11 is 0. The minimum absolute atomic E-state index is 0.00513. The molecule has 0 fully saturated rings. The quantitative estimate of drug-likeness (QED) is 0.834. The molecule has 0 aliphatic rings. The molecule has 0 unspecified atom stereocenters. The molecule has 0 spiro atoms. The van der Waals surface area contributed by atoms with E-state index in [9.17, 15) is 17.6 Å². The Morgan fingerprint density at radius 2 is 1.77 bits per heavy atom. The van der Waals surface area contributed by atoms with Gasteiger partial charge >= 0.3 is 0 Å². The number of carbonyl (C=O) groups is 1. The van der Waals surface area contributed by atoms with E-state index < -0.39 is 27.3 Å². The van der Waals surface area contributed by atoms with Crippen LogP contribution in [0.5, 0.6) is 5.75 Å². The number of nitrogens with one attached hydrogen (secondary N) is 2. The highest BCUT2D eigenvalue weighted by atomic mass is 32.2. The first kappa shape index (κ1) is 19.9. The van der Waals surface area contributed by atoms with Crippen molar-refractivity contribution in [3.8, 4) is 5.75 Å². The third-order valence-corrected chi connectivity index (χ3v) is 5.06. The van der Waals surface area contributed by atoms with Crippen molar-refractivity contribution in [2.45, 2.75) is 31.2 Å². The topological polar surface area (TPSA) is 84.5 Å². The zero-order chi connectivity index (χ0) is 19.5. The molecular formula is C18H21FN2O4S. The Balaban J connectivity index is 2.40. The monoisotopic (exact) mass is 380 g/mol. The summed E-state index contributed by atoms with van der Waals surface area (Å²) in [6, 6.07) is 9.70. The van der Waals surface area contributed by atoms with Gasteiger partial charge in [0.15, 0.2) is 0 Å². The normalized spacial score (nSPS) is 11.9. The highest BCUT2D eigenvalue weighted by Crippen LogP contribution is 2.26. The largest absolute Gasteiger partial charge is 0.495 e. The minimum atomic E-state index is -3.93. The molecule has 26 heavy (non-hydrogen) atoms. The molecular weight excluding hydrogens is 359 g/mol. The minimum Gasteiger partial charge on any atom is -0.495 e. The third-order valence-electron chi connectivity index (χ3n) is 3.28. The maximum absolute atomic E-state index is 13.7. The molecule has 0 saturated heterocycles. The number of carbonyl (C=O) groups excluding carboxylic acids is 1. The molecule has 2 rings (SSSR count). The maximum atomic E-state index is 13.7. The van der Waals surface area contributed by atoms with E-state index in [2.05, 4.69) is 10.0 Å². The molecule has 2 aromatic carbocycles. The predicted octanol–water partition coefficient (Wildman–Crippen LogP) is 3.16. The van der Waals surface area contributed by atoms with Gasteiger partial charge in [0.05, 0.1) is 12.8 Å². The van der Waals surface area contributed by atoms with E-state index in [0.29, 0.717) is 0 Å². The second-order valence-electron chi connectivity index (χ2n) is 6.66. The summed E-state index contributed by atoms with van der Waals surface area (Å²) in [6.07, 6.45) is 0. The van der Waals surface area contributed by atoms with Crippen molar-refractivity contribution >= 4 is 21.6 Å². The van der Waals surface area contributed by atoms with E-state index in [-0.39, 0.29) is 21.9 Å². The van der Waals surface area contributed by atoms with Crippen molar-refractivity contribution < 1.29 is 22.3 Å². The number of hydrogen-bond acceptors (Lipinski definition) is 4. The smallest absolute Gasteiger partial charge is 0.255 e. The third kappa shape index (κ3) is 4.80. The summed E-state index contributed by atoms with van der Waals surface area (Å²) in [5.41, 5.74) is -0.649. The Morgan fingerprint density at radius 1 is 1.12 bits per heavy atom. The molecule has 8 heteroatoms. The van der Waals surface area contributed by atoms with Crippen LogP contribution in [0.25, 0.3) is 0 Å². The molecule has 140 valence electrons. The zero-order valence-electron chi connectivity index (χ0n) is 15.0. The molecule has 0 heterocycles. The van der Waals surface area contributed by atoms with Crippen molar-refractivity contribution in [3.63, 3.8) is 0 Å². The standard InChI is InChI=1S/C18H21FN2O4S/c1-18(2,3)21-26(23,24)16-11-12(9-10-15(16)25-4)17(22)20-14-8-6-5-7-13(14)19/h5-11,21H,1-4H3,(H,20,22). The fourth-order valence-electron chi connectivity index (χ4n) is 2.24. The van der Waals surface area contributed by atoms with Crippen molar-refractivity contribution in [1.82, 2.24) is 4.72 Å². The SMILES string of the molecule is COc1ccc(C(=O)Nc2ccccc2F)cc1S(=O)(=O)NC(C)(C)C. The van der Waals surface area contributed by atoms with E-state index in [4.69, 9.17) is 4.74 Å². The summed E-state index contributed by atoms with van der Waals surface area (Å²) in [4.78, 5) is 12.2. The Morgan fingerprint density at radius 3 is 2.35 bits per heavy atom. The number of hydrogen-bond donors (Lipinski definition) is 2. The zero-order valence-corrected chi connectivity index (χ0v) is 15.8. The van der Waals surface area contributed by atoms with E-state index >= 15 is 0 Å². The van der Waals surface area contributed by atoms with Gasteiger partial charge in [-0.2, -0.15) is 0 Å². The molecule has 2 N–H and O–H groups in total. The van der Waals surface area contributed by atoms with Crippen LogP contribution < -0.4 is 14.8 Å². The van der Waals surface area contributed by atoms with Crippen LogP contribution in [0.15, 0.2) is 47.4 Å². The van der Waals surface area contributed by atoms with Gasteiger partial charge in [-0.3, -0.25) is 4.79 Å². The second-order valence-corrected chi connectivity index (χ2v) is 8.31. The summed E-state index contributed by atoms with van der Waals surface area (Å²) in [6.45, 7) is 5.10. The lowest BCUT2D eigenvalue weighted by Crippen LogP contribution is -2.40. The van der Waals surface area contributed by atoms with E-state index in [0.717, 1.165) is 0 Å². The fourth-order valence-corrected chi connectivity index (χ4v) is 3.86. The van der Waals surface area contributed by atoms with Crippen LogP contribution in [0.1, 0.15) is 31.1 Å². The molecule has 6 nitrogen and oxygen atoms in total. The molecule has 0 saturated carbocycles. The average molecular weight is 380 g/mol. The van der Waals surface area contributed by atoms with Gasteiger partial charge in [0.25, 0.3) is 5.91 Å². The number of rotatable bonds is 5. The van der Waals surface area contributed by atoms with Crippen LogP contribution >= 0.6 is 0 Å². The lowest BCUT2D eigenvalue weighted by atomic mass is 10.1. The Labute approximate surface area is 152 Å². The molecule has 0 aliphatic carbocycles. The molecule has 0 radical (unpaired) electrons. The van der Waals surface area contributed by atoms with Crippen LogP contribution in [0.3, 0.4) is 0 Å². The second kappa shape index (κ2) is 7.43. The molecule has 1 amide bonds. The van der Waals surface area contributed by atoms with Gasteiger partial charge in [-0.05, 0) is 51.1 Å². The number of halogens is 1. The molecule has 0 aromatic heterocycles. The highest BCUT2D eigenvalue weighted by molar-refractivity contribution is 7.89. The first-order chi connectivity index (χ1) is 12.0. The van der Waals surface area contributed by atoms with Gasteiger partial charge in [-0.25, -0.2) is 17.5 Å². The maximum Gasteiger partial charge on any atom is 0.255 e. The molecule has 0 aliphatic heterocycles. The lowest BCUT2D eigenvalue weighted by Gasteiger charge is -2.21. The van der Waals surface area contributed by atoms with Gasteiger partial charge < -0.3 is 10.1 Å². The molecule has 0 bridgehead atoms. The Bertz CT molecular complexity index is 921. The highest BCUT2D eigenvalue weighted by Gasteiger charge is 2.26. The van der Waals surface area contributed by atoms with Crippen LogP contribution in [0.4, 0.5) is 10.1 Å². The number of para-hydroxylation sites is 1. The first-order valence-corrected chi connectivity index (χ1v) is 9.30. The predicted molar refractivity (Wildman–Crippen MR) is 97.4 cm³/mol.